The number of hydrogen-bond acceptors (Lipinski definition) is 4. The number of methoxy groups -OCH3 is 1. The zero-order valence-electron chi connectivity index (χ0n) is 17.2. The first-order valence-electron chi connectivity index (χ1n) is 10.3. The van der Waals surface area contributed by atoms with E-state index in [1.807, 2.05) is 60.7 Å². The Morgan fingerprint density at radius 1 is 0.867 bits per heavy atom. The second-order valence-corrected chi connectivity index (χ2v) is 7.39. The number of para-hydroxylation sites is 1. The molecule has 5 heteroatoms. The number of benzene rings is 3. The minimum Gasteiger partial charge on any atom is -0.497 e. The fraction of sp³-hybridized carbons (Fsp3) is 0.240. The fourth-order valence-electron chi connectivity index (χ4n) is 3.95. The second-order valence-electron chi connectivity index (χ2n) is 7.39. The molecule has 1 saturated heterocycles. The highest BCUT2D eigenvalue weighted by Gasteiger charge is 2.30. The number of carbonyl (C=O) groups is 1. The van der Waals surface area contributed by atoms with E-state index < -0.39 is 0 Å². The molecule has 30 heavy (non-hydrogen) atoms. The van der Waals surface area contributed by atoms with Crippen molar-refractivity contribution in [1.82, 2.24) is 4.90 Å². The summed E-state index contributed by atoms with van der Waals surface area (Å²) in [5.41, 5.74) is 2.98. The number of rotatable bonds is 6. The molecule has 1 aliphatic heterocycles. The monoisotopic (exact) mass is 401 g/mol. The highest BCUT2D eigenvalue weighted by molar-refractivity contribution is 5.95. The van der Waals surface area contributed by atoms with Crippen LogP contribution < -0.4 is 15.0 Å². The summed E-state index contributed by atoms with van der Waals surface area (Å²) in [5, 5.41) is 3.08. The second kappa shape index (κ2) is 9.46. The molecule has 1 heterocycles. The largest absolute Gasteiger partial charge is 0.497 e. The van der Waals surface area contributed by atoms with Gasteiger partial charge in [-0.3, -0.25) is 9.69 Å². The first-order valence-corrected chi connectivity index (χ1v) is 10.3. The Morgan fingerprint density at radius 3 is 2.20 bits per heavy atom. The molecule has 1 N–H and O–H groups in total. The van der Waals surface area contributed by atoms with E-state index in [0.29, 0.717) is 0 Å². The van der Waals surface area contributed by atoms with Gasteiger partial charge in [0.15, 0.2) is 0 Å². The molecule has 0 radical (unpaired) electrons. The Balaban J connectivity index is 1.51. The van der Waals surface area contributed by atoms with Gasteiger partial charge in [0.25, 0.3) is 0 Å². The average Bonchev–Trinajstić information content (AvgIpc) is 2.81. The van der Waals surface area contributed by atoms with Crippen molar-refractivity contribution in [3.05, 3.63) is 90.5 Å². The molecule has 1 fully saturated rings. The van der Waals surface area contributed by atoms with E-state index in [0.717, 1.165) is 43.2 Å². The molecule has 4 rings (SSSR count). The third-order valence-corrected chi connectivity index (χ3v) is 5.50. The van der Waals surface area contributed by atoms with Gasteiger partial charge in [0, 0.05) is 43.6 Å². The molecule has 154 valence electrons. The van der Waals surface area contributed by atoms with Crippen molar-refractivity contribution in [2.45, 2.75) is 6.04 Å². The van der Waals surface area contributed by atoms with Gasteiger partial charge in [-0.1, -0.05) is 54.6 Å². The Hall–Kier alpha value is -3.31. The normalized spacial score (nSPS) is 15.4. The number of carbonyl (C=O) groups excluding carboxylic acids is 1. The molecule has 3 aromatic rings. The molecule has 1 aliphatic rings. The molecule has 1 atom stereocenters. The summed E-state index contributed by atoms with van der Waals surface area (Å²) < 4.78 is 5.28. The van der Waals surface area contributed by atoms with Crippen LogP contribution in [0.25, 0.3) is 0 Å². The lowest BCUT2D eigenvalue weighted by atomic mass is 10.0. The predicted molar refractivity (Wildman–Crippen MR) is 121 cm³/mol. The van der Waals surface area contributed by atoms with Gasteiger partial charge in [0.1, 0.15) is 11.8 Å². The maximum atomic E-state index is 13.4. The number of piperazine rings is 1. The van der Waals surface area contributed by atoms with Gasteiger partial charge < -0.3 is 15.0 Å². The van der Waals surface area contributed by atoms with Crippen molar-refractivity contribution in [1.29, 1.82) is 0 Å². The third-order valence-electron chi connectivity index (χ3n) is 5.50. The SMILES string of the molecule is COc1cccc(NC(=O)C(c2ccccc2)N2CCN(c3ccccc3)CC2)c1. The first-order chi connectivity index (χ1) is 14.7. The Kier molecular flexibility index (Phi) is 6.30. The molecule has 0 spiro atoms. The Morgan fingerprint density at radius 2 is 1.53 bits per heavy atom. The molecule has 0 bridgehead atoms. The van der Waals surface area contributed by atoms with Gasteiger partial charge in [-0.2, -0.15) is 0 Å². The summed E-state index contributed by atoms with van der Waals surface area (Å²) in [7, 11) is 1.62. The van der Waals surface area contributed by atoms with Crippen molar-refractivity contribution in [2.24, 2.45) is 0 Å². The minimum absolute atomic E-state index is 0.0254. The molecule has 0 aliphatic carbocycles. The molecule has 0 aromatic heterocycles. The molecular formula is C25H27N3O2. The Labute approximate surface area is 177 Å². The number of amides is 1. The smallest absolute Gasteiger partial charge is 0.246 e. The topological polar surface area (TPSA) is 44.8 Å². The molecule has 0 saturated carbocycles. The van der Waals surface area contributed by atoms with Gasteiger partial charge in [-0.15, -0.1) is 0 Å². The summed E-state index contributed by atoms with van der Waals surface area (Å²) in [6.07, 6.45) is 0. The quantitative estimate of drug-likeness (QED) is 0.673. The number of ether oxygens (including phenoxy) is 1. The lowest BCUT2D eigenvalue weighted by Gasteiger charge is -2.39. The molecular weight excluding hydrogens is 374 g/mol. The van der Waals surface area contributed by atoms with E-state index >= 15 is 0 Å². The molecule has 3 aromatic carbocycles. The summed E-state index contributed by atoms with van der Waals surface area (Å²) in [6, 6.07) is 27.6. The van der Waals surface area contributed by atoms with Crippen LogP contribution in [-0.4, -0.2) is 44.1 Å². The number of anilines is 2. The van der Waals surface area contributed by atoms with Crippen LogP contribution in [0.4, 0.5) is 11.4 Å². The zero-order valence-corrected chi connectivity index (χ0v) is 17.2. The number of hydrogen-bond donors (Lipinski definition) is 1. The third kappa shape index (κ3) is 4.63. The zero-order chi connectivity index (χ0) is 20.8. The van der Waals surface area contributed by atoms with Crippen LogP contribution in [0.1, 0.15) is 11.6 Å². The van der Waals surface area contributed by atoms with Crippen LogP contribution in [0, 0.1) is 0 Å². The van der Waals surface area contributed by atoms with Crippen LogP contribution in [0.3, 0.4) is 0 Å². The molecule has 5 nitrogen and oxygen atoms in total. The predicted octanol–water partition coefficient (Wildman–Crippen LogP) is 4.20. The summed E-state index contributed by atoms with van der Waals surface area (Å²) in [4.78, 5) is 18.0. The van der Waals surface area contributed by atoms with Gasteiger partial charge in [-0.25, -0.2) is 0 Å². The standard InChI is InChI=1S/C25H27N3O2/c1-30-23-14-8-11-21(19-23)26-25(29)24(20-9-4-2-5-10-20)28-17-15-27(16-18-28)22-12-6-3-7-13-22/h2-14,19,24H,15-18H2,1H3,(H,26,29). The highest BCUT2D eigenvalue weighted by Crippen LogP contribution is 2.26. The number of nitrogens with one attached hydrogen (secondary N) is 1. The summed E-state index contributed by atoms with van der Waals surface area (Å²) in [5.74, 6) is 0.697. The maximum absolute atomic E-state index is 13.4. The molecule has 1 unspecified atom stereocenters. The van der Waals surface area contributed by atoms with Crippen LogP contribution in [0.2, 0.25) is 0 Å². The average molecular weight is 402 g/mol. The van der Waals surface area contributed by atoms with Crippen LogP contribution >= 0.6 is 0 Å². The minimum atomic E-state index is -0.338. The van der Waals surface area contributed by atoms with Gasteiger partial charge >= 0.3 is 0 Å². The van der Waals surface area contributed by atoms with Crippen LogP contribution in [0.15, 0.2) is 84.9 Å². The van der Waals surface area contributed by atoms with Crippen molar-refractivity contribution >= 4 is 17.3 Å². The first kappa shape index (κ1) is 20.0. The van der Waals surface area contributed by atoms with E-state index in [1.54, 1.807) is 7.11 Å². The van der Waals surface area contributed by atoms with E-state index in [1.165, 1.54) is 5.69 Å². The maximum Gasteiger partial charge on any atom is 0.246 e. The summed E-state index contributed by atoms with van der Waals surface area (Å²) in [6.45, 7) is 3.42. The van der Waals surface area contributed by atoms with E-state index in [9.17, 15) is 4.79 Å². The summed E-state index contributed by atoms with van der Waals surface area (Å²) >= 11 is 0. The number of nitrogens with zero attached hydrogens (tertiary/aromatic N) is 2. The fourth-order valence-corrected chi connectivity index (χ4v) is 3.95. The Bertz CT molecular complexity index is 954. The van der Waals surface area contributed by atoms with Crippen molar-refractivity contribution < 1.29 is 9.53 Å². The van der Waals surface area contributed by atoms with Crippen molar-refractivity contribution in [3.63, 3.8) is 0 Å². The van der Waals surface area contributed by atoms with E-state index in [-0.39, 0.29) is 11.9 Å². The van der Waals surface area contributed by atoms with Crippen molar-refractivity contribution in [2.75, 3.05) is 43.5 Å². The van der Waals surface area contributed by atoms with Gasteiger partial charge in [-0.05, 0) is 29.8 Å². The lowest BCUT2D eigenvalue weighted by molar-refractivity contribution is -0.121. The van der Waals surface area contributed by atoms with Gasteiger partial charge in [0.05, 0.1) is 7.11 Å². The van der Waals surface area contributed by atoms with E-state index in [4.69, 9.17) is 4.74 Å². The van der Waals surface area contributed by atoms with Crippen molar-refractivity contribution in [3.8, 4) is 5.75 Å². The lowest BCUT2D eigenvalue weighted by Crippen LogP contribution is -2.50. The van der Waals surface area contributed by atoms with Crippen LogP contribution in [0.5, 0.6) is 5.75 Å². The van der Waals surface area contributed by atoms with Gasteiger partial charge in [0.2, 0.25) is 5.91 Å². The van der Waals surface area contributed by atoms with Crippen LogP contribution in [-0.2, 0) is 4.79 Å². The van der Waals surface area contributed by atoms with E-state index in [2.05, 4.69) is 39.4 Å². The molecule has 1 amide bonds. The highest BCUT2D eigenvalue weighted by atomic mass is 16.5.